The zero-order chi connectivity index (χ0) is 21.9. The number of benzene rings is 4. The summed E-state index contributed by atoms with van der Waals surface area (Å²) in [6.07, 6.45) is 0. The summed E-state index contributed by atoms with van der Waals surface area (Å²) in [4.78, 5) is 4.74. The maximum absolute atomic E-state index is 4.74. The molecule has 7 aromatic rings. The van der Waals surface area contributed by atoms with Crippen LogP contribution in [0.3, 0.4) is 0 Å². The van der Waals surface area contributed by atoms with Gasteiger partial charge in [0.15, 0.2) is 0 Å². The van der Waals surface area contributed by atoms with Crippen LogP contribution in [0.2, 0.25) is 0 Å². The van der Waals surface area contributed by atoms with Gasteiger partial charge in [-0.15, -0.1) is 0 Å². The van der Waals surface area contributed by atoms with Gasteiger partial charge in [-0.2, -0.15) is 0 Å². The van der Waals surface area contributed by atoms with Crippen molar-refractivity contribution in [3.05, 3.63) is 114 Å². The van der Waals surface area contributed by atoms with Gasteiger partial charge in [-0.1, -0.05) is 60.7 Å². The molecule has 3 aromatic heterocycles. The molecule has 33 heavy (non-hydrogen) atoms. The molecule has 0 radical (unpaired) electrons. The average molecular weight is 488 g/mol. The maximum Gasteiger partial charge on any atom is 0.138 e. The number of aromatic nitrogens is 3. The molecule has 0 unspecified atom stereocenters. The summed E-state index contributed by atoms with van der Waals surface area (Å²) >= 11 is 3.53. The quantitative estimate of drug-likeness (QED) is 0.226. The number of hydrogen-bond donors (Lipinski definition) is 0. The molecule has 0 saturated heterocycles. The highest BCUT2D eigenvalue weighted by Gasteiger charge is 2.16. The Balaban J connectivity index is 1.58. The van der Waals surface area contributed by atoms with Gasteiger partial charge in [0.05, 0.1) is 22.1 Å². The zero-order valence-electron chi connectivity index (χ0n) is 17.6. The molecule has 3 nitrogen and oxygen atoms in total. The summed E-state index contributed by atoms with van der Waals surface area (Å²) in [6, 6.07) is 38.6. The van der Waals surface area contributed by atoms with Gasteiger partial charge >= 0.3 is 0 Å². The van der Waals surface area contributed by atoms with Crippen LogP contribution in [-0.4, -0.2) is 14.1 Å². The van der Waals surface area contributed by atoms with Gasteiger partial charge in [0, 0.05) is 27.2 Å². The van der Waals surface area contributed by atoms with Crippen molar-refractivity contribution >= 4 is 59.5 Å². The fourth-order valence-corrected chi connectivity index (χ4v) is 5.40. The molecule has 0 aliphatic heterocycles. The Kier molecular flexibility index (Phi) is 3.99. The van der Waals surface area contributed by atoms with Crippen LogP contribution < -0.4 is 0 Å². The average Bonchev–Trinajstić information content (AvgIpc) is 3.37. The van der Waals surface area contributed by atoms with E-state index in [1.54, 1.807) is 0 Å². The van der Waals surface area contributed by atoms with E-state index >= 15 is 0 Å². The highest BCUT2D eigenvalue weighted by Crippen LogP contribution is 2.36. The highest BCUT2D eigenvalue weighted by atomic mass is 79.9. The third-order valence-corrected chi connectivity index (χ3v) is 6.87. The minimum atomic E-state index is 0.827. The molecule has 7 rings (SSSR count). The number of nitrogens with zero attached hydrogens (tertiary/aromatic N) is 3. The van der Waals surface area contributed by atoms with Gasteiger partial charge in [0.25, 0.3) is 0 Å². The van der Waals surface area contributed by atoms with E-state index in [1.807, 2.05) is 12.1 Å². The smallest absolute Gasteiger partial charge is 0.138 e. The van der Waals surface area contributed by atoms with E-state index in [0.29, 0.717) is 0 Å². The van der Waals surface area contributed by atoms with Gasteiger partial charge in [-0.3, -0.25) is 4.57 Å². The van der Waals surface area contributed by atoms with Gasteiger partial charge in [-0.05, 0) is 64.5 Å². The third kappa shape index (κ3) is 2.71. The first kappa shape index (κ1) is 18.7. The molecule has 4 heteroatoms. The van der Waals surface area contributed by atoms with Crippen molar-refractivity contribution < 1.29 is 0 Å². The Labute approximate surface area is 198 Å². The van der Waals surface area contributed by atoms with E-state index in [4.69, 9.17) is 4.98 Å². The van der Waals surface area contributed by atoms with Crippen molar-refractivity contribution in [1.82, 2.24) is 14.1 Å². The van der Waals surface area contributed by atoms with Crippen LogP contribution in [0.5, 0.6) is 0 Å². The van der Waals surface area contributed by atoms with Crippen molar-refractivity contribution in [2.24, 2.45) is 0 Å². The minimum Gasteiger partial charge on any atom is -0.309 e. The molecule has 0 spiro atoms. The van der Waals surface area contributed by atoms with Crippen molar-refractivity contribution in [3.63, 3.8) is 0 Å². The lowest BCUT2D eigenvalue weighted by Crippen LogP contribution is -1.98. The molecule has 0 aliphatic carbocycles. The Morgan fingerprint density at radius 2 is 1.03 bits per heavy atom. The topological polar surface area (TPSA) is 22.8 Å². The Morgan fingerprint density at radius 1 is 0.485 bits per heavy atom. The molecule has 0 saturated carbocycles. The predicted molar refractivity (Wildman–Crippen MR) is 141 cm³/mol. The minimum absolute atomic E-state index is 0.827. The second kappa shape index (κ2) is 7.06. The zero-order valence-corrected chi connectivity index (χ0v) is 19.2. The van der Waals surface area contributed by atoms with E-state index in [1.165, 1.54) is 32.6 Å². The summed E-state index contributed by atoms with van der Waals surface area (Å²) in [5, 5.41) is 4.98. The number of para-hydroxylation sites is 3. The highest BCUT2D eigenvalue weighted by molar-refractivity contribution is 9.10. The van der Waals surface area contributed by atoms with Crippen LogP contribution in [0.15, 0.2) is 114 Å². The summed E-state index contributed by atoms with van der Waals surface area (Å²) in [5.74, 6) is 0.903. The molecule has 0 aliphatic rings. The first-order chi connectivity index (χ1) is 16.3. The molecular formula is C29H18BrN3. The van der Waals surface area contributed by atoms with Crippen LogP contribution in [0, 0.1) is 0 Å². The Hall–Kier alpha value is -3.89. The second-order valence-corrected chi connectivity index (χ2v) is 9.05. The van der Waals surface area contributed by atoms with Gasteiger partial charge in [-0.25, -0.2) is 4.98 Å². The molecule has 0 N–H and O–H groups in total. The van der Waals surface area contributed by atoms with Gasteiger partial charge in [0.1, 0.15) is 10.4 Å². The van der Waals surface area contributed by atoms with Gasteiger partial charge < -0.3 is 4.57 Å². The molecule has 156 valence electrons. The van der Waals surface area contributed by atoms with Crippen LogP contribution in [-0.2, 0) is 0 Å². The van der Waals surface area contributed by atoms with Crippen molar-refractivity contribution in [1.29, 1.82) is 0 Å². The molecule has 4 aromatic carbocycles. The fraction of sp³-hybridized carbons (Fsp3) is 0. The summed E-state index contributed by atoms with van der Waals surface area (Å²) < 4.78 is 5.44. The van der Waals surface area contributed by atoms with E-state index < -0.39 is 0 Å². The van der Waals surface area contributed by atoms with Crippen LogP contribution >= 0.6 is 15.9 Å². The molecule has 0 bridgehead atoms. The predicted octanol–water partition coefficient (Wildman–Crippen LogP) is 8.04. The van der Waals surface area contributed by atoms with Crippen LogP contribution in [0.25, 0.3) is 55.1 Å². The summed E-state index contributed by atoms with van der Waals surface area (Å²) in [6.45, 7) is 0. The summed E-state index contributed by atoms with van der Waals surface area (Å²) in [7, 11) is 0. The molecule has 0 atom stereocenters. The van der Waals surface area contributed by atoms with Crippen LogP contribution in [0.1, 0.15) is 0 Å². The molecule has 3 heterocycles. The van der Waals surface area contributed by atoms with Crippen molar-refractivity contribution in [2.45, 2.75) is 0 Å². The number of hydrogen-bond acceptors (Lipinski definition) is 1. The van der Waals surface area contributed by atoms with Crippen molar-refractivity contribution in [3.8, 4) is 11.5 Å². The maximum atomic E-state index is 4.74. The largest absolute Gasteiger partial charge is 0.309 e. The molecular weight excluding hydrogens is 470 g/mol. The Morgan fingerprint density at radius 3 is 1.67 bits per heavy atom. The van der Waals surface area contributed by atoms with E-state index in [2.05, 4.69) is 122 Å². The lowest BCUT2D eigenvalue weighted by atomic mass is 10.1. The second-order valence-electron chi connectivity index (χ2n) is 8.24. The third-order valence-electron chi connectivity index (χ3n) is 6.42. The van der Waals surface area contributed by atoms with E-state index in [0.717, 1.165) is 27.1 Å². The lowest BCUT2D eigenvalue weighted by Gasteiger charge is -2.10. The molecule has 0 fully saturated rings. The monoisotopic (exact) mass is 487 g/mol. The van der Waals surface area contributed by atoms with Crippen LogP contribution in [0.4, 0.5) is 0 Å². The van der Waals surface area contributed by atoms with E-state index in [-0.39, 0.29) is 0 Å². The number of fused-ring (bicyclic) bond motifs is 6. The standard InChI is InChI=1S/C29H18BrN3/c30-28-14-7-15-29(31-28)33-26-13-6-3-10-22(26)23-18-19(16-17-27(23)33)32-24-11-4-1-8-20(24)21-9-2-5-12-25(21)32/h1-18H. The first-order valence-corrected chi connectivity index (χ1v) is 11.7. The molecule has 0 amide bonds. The fourth-order valence-electron chi connectivity index (χ4n) is 5.07. The van der Waals surface area contributed by atoms with Gasteiger partial charge in [0.2, 0.25) is 0 Å². The number of rotatable bonds is 2. The summed E-state index contributed by atoms with van der Waals surface area (Å²) in [5.41, 5.74) is 5.89. The number of pyridine rings is 1. The SMILES string of the molecule is Brc1cccc(-n2c3ccccc3c3cc(-n4c5ccccc5c5ccccc54)ccc32)n1. The normalized spacial score (nSPS) is 11.8. The van der Waals surface area contributed by atoms with E-state index in [9.17, 15) is 0 Å². The first-order valence-electron chi connectivity index (χ1n) is 10.9. The van der Waals surface area contributed by atoms with Crippen molar-refractivity contribution in [2.75, 3.05) is 0 Å². The number of halogens is 1. The Bertz CT molecular complexity index is 1790. The lowest BCUT2D eigenvalue weighted by molar-refractivity contribution is 1.06.